The number of hydrogen-bond acceptors (Lipinski definition) is 4. The first-order valence-electron chi connectivity index (χ1n) is 8.34. The topological polar surface area (TPSA) is 77.6 Å². The highest BCUT2D eigenvalue weighted by molar-refractivity contribution is 6.07. The van der Waals surface area contributed by atoms with Gasteiger partial charge < -0.3 is 9.88 Å². The summed E-state index contributed by atoms with van der Waals surface area (Å²) in [5, 5.41) is 15.8. The van der Waals surface area contributed by atoms with E-state index >= 15 is 0 Å². The summed E-state index contributed by atoms with van der Waals surface area (Å²) in [6.07, 6.45) is 1.84. The predicted octanol–water partition coefficient (Wildman–Crippen LogP) is 2.65. The number of rotatable bonds is 4. The van der Waals surface area contributed by atoms with Gasteiger partial charge in [0.05, 0.1) is 17.3 Å². The molecule has 2 aromatic carbocycles. The lowest BCUT2D eigenvalue weighted by Crippen LogP contribution is -2.28. The molecule has 1 amide bonds. The number of benzene rings is 2. The van der Waals surface area contributed by atoms with E-state index in [1.807, 2.05) is 79.3 Å². The molecule has 0 unspecified atom stereocenters. The molecule has 0 aliphatic heterocycles. The van der Waals surface area contributed by atoms with Crippen LogP contribution in [0.15, 0.2) is 60.8 Å². The van der Waals surface area contributed by atoms with Crippen molar-refractivity contribution in [3.8, 4) is 5.69 Å². The number of nitrogens with zero attached hydrogens (tertiary/aromatic N) is 5. The van der Waals surface area contributed by atoms with Crippen molar-refractivity contribution in [3.05, 3.63) is 72.2 Å². The molecular weight excluding hydrogens is 328 g/mol. The average molecular weight is 346 g/mol. The lowest BCUT2D eigenvalue weighted by molar-refractivity contribution is 0.0939. The first-order valence-corrected chi connectivity index (χ1v) is 8.34. The minimum Gasteiger partial charge on any atom is -0.350 e. The molecule has 2 aromatic heterocycles. The molecule has 4 aromatic rings. The third-order valence-electron chi connectivity index (χ3n) is 4.37. The first kappa shape index (κ1) is 16.0. The van der Waals surface area contributed by atoms with E-state index < -0.39 is 0 Å². The minimum absolute atomic E-state index is 0.156. The van der Waals surface area contributed by atoms with Gasteiger partial charge >= 0.3 is 0 Å². The van der Waals surface area contributed by atoms with E-state index in [4.69, 9.17) is 0 Å². The van der Waals surface area contributed by atoms with Crippen molar-refractivity contribution in [1.29, 1.82) is 0 Å². The molecule has 0 aliphatic carbocycles. The van der Waals surface area contributed by atoms with Gasteiger partial charge in [0.1, 0.15) is 0 Å². The minimum atomic E-state index is -0.350. The normalized spacial score (nSPS) is 12.2. The zero-order valence-electron chi connectivity index (χ0n) is 14.5. The molecule has 1 N–H and O–H groups in total. The smallest absolute Gasteiger partial charge is 0.254 e. The maximum Gasteiger partial charge on any atom is 0.254 e. The van der Waals surface area contributed by atoms with Crippen LogP contribution in [0.4, 0.5) is 0 Å². The standard InChI is InChI=1S/C19H18N6O/c1-13(18-21-22-23-25(18)14-8-4-3-5-9-14)20-19(26)16-12-24(2)17-11-7-6-10-15(16)17/h3-13H,1-2H3,(H,20,26)/t13-/m0/s1. The number of para-hydroxylation sites is 2. The summed E-state index contributed by atoms with van der Waals surface area (Å²) >= 11 is 0. The highest BCUT2D eigenvalue weighted by atomic mass is 16.1. The number of carbonyl (C=O) groups excluding carboxylic acids is 1. The molecule has 26 heavy (non-hydrogen) atoms. The number of fused-ring (bicyclic) bond motifs is 1. The summed E-state index contributed by atoms with van der Waals surface area (Å²) in [5.41, 5.74) is 2.49. The third-order valence-corrected chi connectivity index (χ3v) is 4.37. The quantitative estimate of drug-likeness (QED) is 0.616. The van der Waals surface area contributed by atoms with Crippen LogP contribution in [-0.4, -0.2) is 30.7 Å². The van der Waals surface area contributed by atoms with E-state index in [1.54, 1.807) is 4.68 Å². The second-order valence-corrected chi connectivity index (χ2v) is 6.15. The zero-order chi connectivity index (χ0) is 18.1. The van der Waals surface area contributed by atoms with Gasteiger partial charge in [0.15, 0.2) is 5.82 Å². The molecule has 4 rings (SSSR count). The highest BCUT2D eigenvalue weighted by Gasteiger charge is 2.20. The van der Waals surface area contributed by atoms with E-state index in [0.29, 0.717) is 11.4 Å². The van der Waals surface area contributed by atoms with Crippen LogP contribution in [0, 0.1) is 0 Å². The fourth-order valence-electron chi connectivity index (χ4n) is 3.08. The fraction of sp³-hybridized carbons (Fsp3) is 0.158. The van der Waals surface area contributed by atoms with Crippen molar-refractivity contribution in [2.75, 3.05) is 0 Å². The summed E-state index contributed by atoms with van der Waals surface area (Å²) in [6.45, 7) is 1.87. The number of nitrogens with one attached hydrogen (secondary N) is 1. The van der Waals surface area contributed by atoms with Crippen LogP contribution in [0.5, 0.6) is 0 Å². The van der Waals surface area contributed by atoms with E-state index in [0.717, 1.165) is 16.6 Å². The third kappa shape index (κ3) is 2.73. The van der Waals surface area contributed by atoms with Crippen LogP contribution in [0.3, 0.4) is 0 Å². The lowest BCUT2D eigenvalue weighted by Gasteiger charge is -2.13. The number of tetrazole rings is 1. The van der Waals surface area contributed by atoms with Crippen LogP contribution in [0.25, 0.3) is 16.6 Å². The number of aryl methyl sites for hydroxylation is 1. The number of amides is 1. The molecule has 0 aliphatic rings. The van der Waals surface area contributed by atoms with Gasteiger partial charge in [-0.3, -0.25) is 4.79 Å². The molecule has 130 valence electrons. The van der Waals surface area contributed by atoms with Gasteiger partial charge in [-0.05, 0) is 35.5 Å². The van der Waals surface area contributed by atoms with Crippen LogP contribution in [0.2, 0.25) is 0 Å². The van der Waals surface area contributed by atoms with Gasteiger partial charge in [0.25, 0.3) is 5.91 Å². The summed E-state index contributed by atoms with van der Waals surface area (Å²) in [6, 6.07) is 17.1. The SMILES string of the molecule is C[C@H](NC(=O)c1cn(C)c2ccccc12)c1nnnn1-c1ccccc1. The van der Waals surface area contributed by atoms with Gasteiger partial charge in [0.2, 0.25) is 0 Å². The molecular formula is C19H18N6O. The second-order valence-electron chi connectivity index (χ2n) is 6.15. The summed E-state index contributed by atoms with van der Waals surface area (Å²) < 4.78 is 3.58. The van der Waals surface area contributed by atoms with Crippen molar-refractivity contribution in [1.82, 2.24) is 30.1 Å². The Hall–Kier alpha value is -3.48. The van der Waals surface area contributed by atoms with Gasteiger partial charge in [0, 0.05) is 24.1 Å². The molecule has 0 radical (unpaired) electrons. The van der Waals surface area contributed by atoms with Crippen molar-refractivity contribution in [3.63, 3.8) is 0 Å². The van der Waals surface area contributed by atoms with E-state index in [9.17, 15) is 4.79 Å². The molecule has 0 fully saturated rings. The molecule has 2 heterocycles. The van der Waals surface area contributed by atoms with Crippen molar-refractivity contribution in [2.24, 2.45) is 7.05 Å². The highest BCUT2D eigenvalue weighted by Crippen LogP contribution is 2.21. The predicted molar refractivity (Wildman–Crippen MR) is 98.0 cm³/mol. The van der Waals surface area contributed by atoms with E-state index in [1.165, 1.54) is 0 Å². The molecule has 0 saturated heterocycles. The lowest BCUT2D eigenvalue weighted by atomic mass is 10.1. The maximum atomic E-state index is 12.8. The molecule has 0 saturated carbocycles. The molecule has 7 nitrogen and oxygen atoms in total. The Morgan fingerprint density at radius 3 is 2.62 bits per heavy atom. The van der Waals surface area contributed by atoms with Crippen LogP contribution in [-0.2, 0) is 7.05 Å². The van der Waals surface area contributed by atoms with Gasteiger partial charge in [-0.2, -0.15) is 4.68 Å². The van der Waals surface area contributed by atoms with Gasteiger partial charge in [-0.15, -0.1) is 5.10 Å². The van der Waals surface area contributed by atoms with Gasteiger partial charge in [-0.1, -0.05) is 36.4 Å². The Morgan fingerprint density at radius 2 is 1.81 bits per heavy atom. The Morgan fingerprint density at radius 1 is 1.08 bits per heavy atom. The van der Waals surface area contributed by atoms with E-state index in [-0.39, 0.29) is 11.9 Å². The summed E-state index contributed by atoms with van der Waals surface area (Å²) in [7, 11) is 1.93. The Labute approximate surface area is 150 Å². The first-order chi connectivity index (χ1) is 12.6. The second kappa shape index (κ2) is 6.44. The monoisotopic (exact) mass is 346 g/mol. The maximum absolute atomic E-state index is 12.8. The molecule has 0 spiro atoms. The Bertz CT molecular complexity index is 1070. The van der Waals surface area contributed by atoms with E-state index in [2.05, 4.69) is 20.8 Å². The largest absolute Gasteiger partial charge is 0.350 e. The summed E-state index contributed by atoms with van der Waals surface area (Å²) in [5.74, 6) is 0.418. The van der Waals surface area contributed by atoms with Crippen LogP contribution >= 0.6 is 0 Å². The van der Waals surface area contributed by atoms with Crippen molar-refractivity contribution >= 4 is 16.8 Å². The zero-order valence-corrected chi connectivity index (χ0v) is 14.5. The van der Waals surface area contributed by atoms with Crippen LogP contribution in [0.1, 0.15) is 29.1 Å². The Kier molecular flexibility index (Phi) is 3.96. The average Bonchev–Trinajstić information content (AvgIpc) is 3.28. The van der Waals surface area contributed by atoms with Crippen molar-refractivity contribution in [2.45, 2.75) is 13.0 Å². The fourth-order valence-corrected chi connectivity index (χ4v) is 3.08. The van der Waals surface area contributed by atoms with Crippen LogP contribution < -0.4 is 5.32 Å². The number of carbonyl (C=O) groups is 1. The number of aromatic nitrogens is 5. The molecule has 7 heteroatoms. The number of hydrogen-bond donors (Lipinski definition) is 1. The summed E-state index contributed by atoms with van der Waals surface area (Å²) in [4.78, 5) is 12.8. The van der Waals surface area contributed by atoms with Gasteiger partial charge in [-0.25, -0.2) is 0 Å². The molecule has 0 bridgehead atoms. The Balaban J connectivity index is 1.62. The van der Waals surface area contributed by atoms with Crippen molar-refractivity contribution < 1.29 is 4.79 Å². The molecule has 1 atom stereocenters.